The summed E-state index contributed by atoms with van der Waals surface area (Å²) < 4.78 is 2.36. The zero-order chi connectivity index (χ0) is 19.3. The highest BCUT2D eigenvalue weighted by Crippen LogP contribution is 2.48. The van der Waals surface area contributed by atoms with Crippen LogP contribution in [0.4, 0.5) is 0 Å². The van der Waals surface area contributed by atoms with Crippen LogP contribution < -0.4 is 0 Å². The van der Waals surface area contributed by atoms with Crippen LogP contribution in [0.3, 0.4) is 0 Å². The van der Waals surface area contributed by atoms with E-state index in [1.807, 2.05) is 24.0 Å². The number of pyridine rings is 1. The van der Waals surface area contributed by atoms with Crippen molar-refractivity contribution in [3.05, 3.63) is 83.4 Å². The Morgan fingerprint density at radius 2 is 1.82 bits per heavy atom. The first-order valence-electron chi connectivity index (χ1n) is 9.80. The largest absolute Gasteiger partial charge is 0.341 e. The van der Waals surface area contributed by atoms with Gasteiger partial charge < -0.3 is 9.47 Å². The second-order valence-electron chi connectivity index (χ2n) is 7.63. The van der Waals surface area contributed by atoms with Crippen LogP contribution in [-0.2, 0) is 0 Å². The summed E-state index contributed by atoms with van der Waals surface area (Å²) in [5.41, 5.74) is 6.15. The van der Waals surface area contributed by atoms with Crippen LogP contribution in [0.15, 0.2) is 65.8 Å². The number of aliphatic imine (C=N–C) groups is 1. The molecule has 0 bridgehead atoms. The number of benzene rings is 1. The van der Waals surface area contributed by atoms with Gasteiger partial charge in [-0.25, -0.2) is 0 Å². The second-order valence-corrected chi connectivity index (χ2v) is 9.04. The van der Waals surface area contributed by atoms with Gasteiger partial charge in [0, 0.05) is 35.1 Å². The van der Waals surface area contributed by atoms with E-state index in [9.17, 15) is 0 Å². The first-order valence-corrected chi connectivity index (χ1v) is 10.7. The molecular weight excluding hydrogens is 364 g/mol. The smallest absolute Gasteiger partial charge is 0.160 e. The molecule has 28 heavy (non-hydrogen) atoms. The molecule has 0 aliphatic carbocycles. The zero-order valence-electron chi connectivity index (χ0n) is 16.4. The maximum Gasteiger partial charge on any atom is 0.160 e. The first-order chi connectivity index (χ1) is 13.6. The fraction of sp³-hybridized carbons (Fsp3) is 0.304. The number of hydrogen-bond acceptors (Lipinski definition) is 4. The summed E-state index contributed by atoms with van der Waals surface area (Å²) in [4.78, 5) is 12.3. The second kappa shape index (κ2) is 6.82. The summed E-state index contributed by atoms with van der Waals surface area (Å²) in [6, 6.07) is 19.3. The van der Waals surface area contributed by atoms with Crippen LogP contribution in [0.25, 0.3) is 5.69 Å². The Morgan fingerprint density at radius 3 is 2.57 bits per heavy atom. The van der Waals surface area contributed by atoms with Crippen LogP contribution in [0, 0.1) is 13.8 Å². The summed E-state index contributed by atoms with van der Waals surface area (Å²) in [5, 5.41) is 1.74. The van der Waals surface area contributed by atoms with Gasteiger partial charge in [0.15, 0.2) is 5.17 Å². The van der Waals surface area contributed by atoms with Gasteiger partial charge in [0.1, 0.15) is 6.04 Å². The van der Waals surface area contributed by atoms with E-state index in [0.29, 0.717) is 5.25 Å². The van der Waals surface area contributed by atoms with Crippen molar-refractivity contribution in [2.45, 2.75) is 38.1 Å². The lowest BCUT2D eigenvalue weighted by Gasteiger charge is -2.27. The topological polar surface area (TPSA) is 33.4 Å². The van der Waals surface area contributed by atoms with Gasteiger partial charge in [-0.1, -0.05) is 43.0 Å². The Labute approximate surface area is 170 Å². The van der Waals surface area contributed by atoms with Crippen molar-refractivity contribution >= 4 is 16.9 Å². The molecule has 3 atom stereocenters. The molecule has 5 heteroatoms. The van der Waals surface area contributed by atoms with Crippen LogP contribution in [0.5, 0.6) is 0 Å². The van der Waals surface area contributed by atoms with Crippen molar-refractivity contribution in [3.8, 4) is 5.69 Å². The fourth-order valence-electron chi connectivity index (χ4n) is 4.52. The predicted octanol–water partition coefficient (Wildman–Crippen LogP) is 5.08. The quantitative estimate of drug-likeness (QED) is 0.627. The van der Waals surface area contributed by atoms with Crippen LogP contribution >= 0.6 is 11.8 Å². The number of aromatic nitrogens is 2. The number of amidine groups is 1. The molecule has 3 aromatic rings. The number of thioether (sulfide) groups is 1. The highest BCUT2D eigenvalue weighted by Gasteiger charge is 2.44. The zero-order valence-corrected chi connectivity index (χ0v) is 17.2. The van der Waals surface area contributed by atoms with E-state index in [4.69, 9.17) is 4.99 Å². The molecule has 3 unspecified atom stereocenters. The molecule has 0 spiro atoms. The molecular formula is C23H24N4S. The lowest BCUT2D eigenvalue weighted by molar-refractivity contribution is 0.320. The molecule has 5 rings (SSSR count). The van der Waals surface area contributed by atoms with E-state index in [0.717, 1.165) is 17.4 Å². The lowest BCUT2D eigenvalue weighted by atomic mass is 9.96. The average molecular weight is 389 g/mol. The van der Waals surface area contributed by atoms with Gasteiger partial charge in [-0.15, -0.1) is 0 Å². The number of rotatable bonds is 3. The molecule has 1 aromatic carbocycles. The molecule has 2 aliphatic rings. The Bertz CT molecular complexity index is 1030. The SMILES string of the molecule is Cc1cc(C2C(c3ccccn3)N=C3SC(C)CN32)c(C)n1-c1ccccc1. The van der Waals surface area contributed by atoms with Gasteiger partial charge in [0.2, 0.25) is 0 Å². The molecule has 4 heterocycles. The van der Waals surface area contributed by atoms with E-state index >= 15 is 0 Å². The number of para-hydroxylation sites is 1. The maximum absolute atomic E-state index is 5.12. The Kier molecular flexibility index (Phi) is 4.27. The van der Waals surface area contributed by atoms with Gasteiger partial charge in [-0.3, -0.25) is 9.98 Å². The van der Waals surface area contributed by atoms with Crippen LogP contribution in [-0.4, -0.2) is 31.4 Å². The molecule has 4 nitrogen and oxygen atoms in total. The third kappa shape index (κ3) is 2.76. The van der Waals surface area contributed by atoms with Crippen molar-refractivity contribution in [1.29, 1.82) is 0 Å². The van der Waals surface area contributed by atoms with E-state index in [2.05, 4.69) is 83.8 Å². The summed E-state index contributed by atoms with van der Waals surface area (Å²) in [6.07, 6.45) is 1.87. The highest BCUT2D eigenvalue weighted by molar-refractivity contribution is 8.14. The number of aryl methyl sites for hydroxylation is 1. The van der Waals surface area contributed by atoms with Crippen molar-refractivity contribution in [2.75, 3.05) is 6.54 Å². The summed E-state index contributed by atoms with van der Waals surface area (Å²) in [6.45, 7) is 7.74. The molecule has 0 amide bonds. The minimum absolute atomic E-state index is 0.0425. The van der Waals surface area contributed by atoms with Gasteiger partial charge in [0.05, 0.1) is 11.7 Å². The summed E-state index contributed by atoms with van der Waals surface area (Å²) >= 11 is 1.89. The average Bonchev–Trinajstić information content (AvgIpc) is 3.33. The number of hydrogen-bond donors (Lipinski definition) is 0. The lowest BCUT2D eigenvalue weighted by Crippen LogP contribution is -2.28. The maximum atomic E-state index is 5.12. The third-order valence-corrected chi connectivity index (χ3v) is 6.79. The molecule has 0 radical (unpaired) electrons. The first kappa shape index (κ1) is 17.6. The molecule has 1 saturated heterocycles. The monoisotopic (exact) mass is 388 g/mol. The summed E-state index contributed by atoms with van der Waals surface area (Å²) in [5.74, 6) is 0. The van der Waals surface area contributed by atoms with Crippen molar-refractivity contribution < 1.29 is 0 Å². The fourth-order valence-corrected chi connectivity index (χ4v) is 5.61. The number of fused-ring (bicyclic) bond motifs is 1. The van der Waals surface area contributed by atoms with Gasteiger partial charge in [-0.2, -0.15) is 0 Å². The molecule has 142 valence electrons. The molecule has 2 aromatic heterocycles. The molecule has 2 aliphatic heterocycles. The number of nitrogens with zero attached hydrogens (tertiary/aromatic N) is 4. The van der Waals surface area contributed by atoms with Gasteiger partial charge >= 0.3 is 0 Å². The minimum Gasteiger partial charge on any atom is -0.341 e. The Hall–Kier alpha value is -2.53. The van der Waals surface area contributed by atoms with Gasteiger partial charge in [0.25, 0.3) is 0 Å². The van der Waals surface area contributed by atoms with Crippen LogP contribution in [0.1, 0.15) is 41.7 Å². The van der Waals surface area contributed by atoms with E-state index in [-0.39, 0.29) is 12.1 Å². The Balaban J connectivity index is 1.63. The third-order valence-electron chi connectivity index (χ3n) is 5.68. The van der Waals surface area contributed by atoms with E-state index < -0.39 is 0 Å². The van der Waals surface area contributed by atoms with Crippen molar-refractivity contribution in [3.63, 3.8) is 0 Å². The minimum atomic E-state index is 0.0425. The highest BCUT2D eigenvalue weighted by atomic mass is 32.2. The van der Waals surface area contributed by atoms with E-state index in [1.165, 1.54) is 22.6 Å². The van der Waals surface area contributed by atoms with Crippen molar-refractivity contribution in [1.82, 2.24) is 14.5 Å². The summed E-state index contributed by atoms with van der Waals surface area (Å²) in [7, 11) is 0. The Morgan fingerprint density at radius 1 is 1.04 bits per heavy atom. The predicted molar refractivity (Wildman–Crippen MR) is 116 cm³/mol. The van der Waals surface area contributed by atoms with Crippen LogP contribution in [0.2, 0.25) is 0 Å². The molecule has 0 N–H and O–H groups in total. The van der Waals surface area contributed by atoms with Gasteiger partial charge in [-0.05, 0) is 49.7 Å². The standard InChI is InChI=1S/C23H24N4S/c1-15-13-19(17(3)27(15)18-9-5-4-6-10-18)22-21(20-11-7-8-12-24-20)25-23-26(22)14-16(2)28-23/h4-13,16,21-22H,14H2,1-3H3. The van der Waals surface area contributed by atoms with Crippen molar-refractivity contribution in [2.24, 2.45) is 4.99 Å². The molecule has 1 fully saturated rings. The molecule has 0 saturated carbocycles. The normalized spacial score (nSPS) is 23.8. The van der Waals surface area contributed by atoms with E-state index in [1.54, 1.807) is 0 Å².